The molecule has 0 saturated carbocycles. The van der Waals surface area contributed by atoms with E-state index in [4.69, 9.17) is 9.84 Å². The third-order valence-corrected chi connectivity index (χ3v) is 3.18. The number of imide groups is 1. The maximum Gasteiger partial charge on any atom is 0.326 e. The molecule has 2 aliphatic heterocycles. The number of carbonyl (C=O) groups is 2. The zero-order chi connectivity index (χ0) is 13.5. The van der Waals surface area contributed by atoms with Crippen molar-refractivity contribution in [2.45, 2.75) is 37.4 Å². The highest BCUT2D eigenvalue weighted by molar-refractivity contribution is 6.01. The van der Waals surface area contributed by atoms with Crippen LogP contribution in [0.2, 0.25) is 0 Å². The lowest BCUT2D eigenvalue weighted by atomic mass is 10.0. The molecule has 3 amide bonds. The van der Waals surface area contributed by atoms with Gasteiger partial charge in [0.2, 0.25) is 0 Å². The van der Waals surface area contributed by atoms with E-state index in [-0.39, 0.29) is 19.6 Å². The number of aliphatic hydroxyl groups excluding tert-OH is 2. The Hall–Kier alpha value is -1.22. The Bertz CT molecular complexity index is 371. The van der Waals surface area contributed by atoms with Crippen LogP contribution in [0, 0.1) is 0 Å². The van der Waals surface area contributed by atoms with Gasteiger partial charge in [-0.05, 0) is 6.92 Å². The summed E-state index contributed by atoms with van der Waals surface area (Å²) in [5, 5.41) is 30.4. The lowest BCUT2D eigenvalue weighted by Gasteiger charge is -2.38. The highest BCUT2D eigenvalue weighted by Gasteiger charge is 2.46. The minimum absolute atomic E-state index is 0.128. The molecule has 0 aromatic heterocycles. The quantitative estimate of drug-likeness (QED) is 0.445. The highest BCUT2D eigenvalue weighted by Crippen LogP contribution is 2.26. The van der Waals surface area contributed by atoms with E-state index in [9.17, 15) is 19.8 Å². The van der Waals surface area contributed by atoms with Crippen LogP contribution >= 0.6 is 0 Å². The lowest BCUT2D eigenvalue weighted by Crippen LogP contribution is -2.65. The van der Waals surface area contributed by atoms with Gasteiger partial charge in [-0.2, -0.15) is 0 Å². The van der Waals surface area contributed by atoms with E-state index in [1.165, 1.54) is 6.92 Å². The van der Waals surface area contributed by atoms with E-state index in [0.717, 1.165) is 4.90 Å². The Kier molecular flexibility index (Phi) is 3.28. The van der Waals surface area contributed by atoms with Gasteiger partial charge >= 0.3 is 6.03 Å². The monoisotopic (exact) mass is 260 g/mol. The first-order chi connectivity index (χ1) is 8.35. The molecule has 18 heavy (non-hydrogen) atoms. The van der Waals surface area contributed by atoms with E-state index in [2.05, 4.69) is 0 Å². The third kappa shape index (κ3) is 2.19. The summed E-state index contributed by atoms with van der Waals surface area (Å²) in [4.78, 5) is 24.1. The van der Waals surface area contributed by atoms with Crippen LogP contribution in [0.1, 0.15) is 13.3 Å². The molecule has 0 aromatic rings. The van der Waals surface area contributed by atoms with Gasteiger partial charge in [0.15, 0.2) is 5.60 Å². The van der Waals surface area contributed by atoms with Crippen LogP contribution in [0.15, 0.2) is 0 Å². The van der Waals surface area contributed by atoms with Crippen molar-refractivity contribution in [1.82, 2.24) is 10.2 Å². The zero-order valence-electron chi connectivity index (χ0n) is 9.87. The Labute approximate surface area is 103 Å². The van der Waals surface area contributed by atoms with Gasteiger partial charge in [-0.25, -0.2) is 4.79 Å². The number of urea groups is 1. The smallest absolute Gasteiger partial charge is 0.326 e. The molecular formula is C10H16N2O6. The second-order valence-electron chi connectivity index (χ2n) is 4.78. The summed E-state index contributed by atoms with van der Waals surface area (Å²) in [5.74, 6) is -0.763. The van der Waals surface area contributed by atoms with E-state index in [1.807, 2.05) is 5.32 Å². The SMILES string of the molecule is C[C@]1(O)CN([C@H]2C[C@H](O)[C@@H](CO)O2)C(=O)NC1=O. The molecular weight excluding hydrogens is 244 g/mol. The van der Waals surface area contributed by atoms with Crippen LogP contribution < -0.4 is 5.32 Å². The standard InChI is InChI=1S/C10H16N2O6/c1-10(17)4-12(9(16)11-8(10)15)7-2-5(14)6(3-13)18-7/h5-7,13-14,17H,2-4H2,1H3,(H,11,15,16)/t5-,6+,7+,10-/m0/s1. The van der Waals surface area contributed by atoms with E-state index >= 15 is 0 Å². The van der Waals surface area contributed by atoms with Crippen molar-refractivity contribution >= 4 is 11.9 Å². The average Bonchev–Trinajstić information content (AvgIpc) is 2.65. The Morgan fingerprint density at radius 3 is 2.78 bits per heavy atom. The number of ether oxygens (including phenoxy) is 1. The van der Waals surface area contributed by atoms with Crippen molar-refractivity contribution in [3.8, 4) is 0 Å². The van der Waals surface area contributed by atoms with Gasteiger partial charge in [-0.15, -0.1) is 0 Å². The van der Waals surface area contributed by atoms with Crippen LogP contribution in [-0.2, 0) is 9.53 Å². The second-order valence-corrected chi connectivity index (χ2v) is 4.78. The predicted octanol–water partition coefficient (Wildman–Crippen LogP) is -2.24. The van der Waals surface area contributed by atoms with Gasteiger partial charge in [-0.3, -0.25) is 15.0 Å². The predicted molar refractivity (Wildman–Crippen MR) is 57.2 cm³/mol. The molecule has 102 valence electrons. The minimum atomic E-state index is -1.69. The van der Waals surface area contributed by atoms with Crippen molar-refractivity contribution in [1.29, 1.82) is 0 Å². The minimum Gasteiger partial charge on any atom is -0.394 e. The molecule has 8 heteroatoms. The van der Waals surface area contributed by atoms with Crippen LogP contribution in [0.25, 0.3) is 0 Å². The fraction of sp³-hybridized carbons (Fsp3) is 0.800. The summed E-state index contributed by atoms with van der Waals surface area (Å²) in [6, 6.07) is -0.678. The molecule has 4 N–H and O–H groups in total. The molecule has 4 atom stereocenters. The molecule has 0 bridgehead atoms. The highest BCUT2D eigenvalue weighted by atomic mass is 16.5. The normalized spacial score (nSPS) is 41.1. The number of hydrogen-bond donors (Lipinski definition) is 4. The van der Waals surface area contributed by atoms with Gasteiger partial charge in [0, 0.05) is 6.42 Å². The molecule has 0 unspecified atom stereocenters. The summed E-state index contributed by atoms with van der Waals surface area (Å²) in [7, 11) is 0. The van der Waals surface area contributed by atoms with Crippen molar-refractivity contribution in [3.63, 3.8) is 0 Å². The number of nitrogens with zero attached hydrogens (tertiary/aromatic N) is 1. The summed E-state index contributed by atoms with van der Waals surface area (Å²) in [6.07, 6.45) is -2.28. The Balaban J connectivity index is 2.10. The maximum atomic E-state index is 11.6. The van der Waals surface area contributed by atoms with Crippen LogP contribution in [0.3, 0.4) is 0 Å². The third-order valence-electron chi connectivity index (χ3n) is 3.18. The Morgan fingerprint density at radius 2 is 2.22 bits per heavy atom. The van der Waals surface area contributed by atoms with Crippen molar-refractivity contribution in [3.05, 3.63) is 0 Å². The maximum absolute atomic E-state index is 11.6. The molecule has 2 fully saturated rings. The fourth-order valence-corrected chi connectivity index (χ4v) is 2.08. The van der Waals surface area contributed by atoms with Gasteiger partial charge in [0.05, 0.1) is 19.3 Å². The van der Waals surface area contributed by atoms with Gasteiger partial charge in [0.25, 0.3) is 5.91 Å². The number of β-amino-alcohol motifs (C(OH)–C–C–N with tert-alkyl or cyclic N) is 1. The van der Waals surface area contributed by atoms with Crippen LogP contribution in [0.5, 0.6) is 0 Å². The first-order valence-corrected chi connectivity index (χ1v) is 5.64. The molecule has 0 radical (unpaired) electrons. The van der Waals surface area contributed by atoms with E-state index < -0.39 is 36.0 Å². The number of carbonyl (C=O) groups excluding carboxylic acids is 2. The molecule has 2 saturated heterocycles. The molecule has 0 spiro atoms. The zero-order valence-corrected chi connectivity index (χ0v) is 9.87. The van der Waals surface area contributed by atoms with Crippen molar-refractivity contribution < 1.29 is 29.6 Å². The van der Waals surface area contributed by atoms with E-state index in [0.29, 0.717) is 0 Å². The number of aliphatic hydroxyl groups is 3. The van der Waals surface area contributed by atoms with Crippen LogP contribution in [0.4, 0.5) is 4.79 Å². The first kappa shape index (κ1) is 13.2. The van der Waals surface area contributed by atoms with Crippen LogP contribution in [-0.4, -0.2) is 69.3 Å². The Morgan fingerprint density at radius 1 is 1.56 bits per heavy atom. The van der Waals surface area contributed by atoms with Crippen molar-refractivity contribution in [2.24, 2.45) is 0 Å². The van der Waals surface area contributed by atoms with Gasteiger partial charge in [0.1, 0.15) is 12.3 Å². The van der Waals surface area contributed by atoms with Gasteiger partial charge in [-0.1, -0.05) is 0 Å². The number of hydrogen-bond acceptors (Lipinski definition) is 6. The summed E-state index contributed by atoms with van der Waals surface area (Å²) in [5.41, 5.74) is -1.69. The summed E-state index contributed by atoms with van der Waals surface area (Å²) in [6.45, 7) is 0.715. The number of nitrogens with one attached hydrogen (secondary N) is 1. The average molecular weight is 260 g/mol. The molecule has 0 aliphatic carbocycles. The molecule has 2 rings (SSSR count). The summed E-state index contributed by atoms with van der Waals surface area (Å²) >= 11 is 0. The lowest BCUT2D eigenvalue weighted by molar-refractivity contribution is -0.147. The largest absolute Gasteiger partial charge is 0.394 e. The second kappa shape index (κ2) is 4.47. The molecule has 2 heterocycles. The topological polar surface area (TPSA) is 119 Å². The molecule has 8 nitrogen and oxygen atoms in total. The number of amides is 3. The van der Waals surface area contributed by atoms with E-state index in [1.54, 1.807) is 0 Å². The fourth-order valence-electron chi connectivity index (χ4n) is 2.08. The summed E-state index contributed by atoms with van der Waals surface area (Å²) < 4.78 is 5.30. The molecule has 2 aliphatic rings. The number of rotatable bonds is 2. The first-order valence-electron chi connectivity index (χ1n) is 5.64. The molecule has 0 aromatic carbocycles. The van der Waals surface area contributed by atoms with Crippen molar-refractivity contribution in [2.75, 3.05) is 13.2 Å². The van der Waals surface area contributed by atoms with Gasteiger partial charge < -0.3 is 20.1 Å².